The summed E-state index contributed by atoms with van der Waals surface area (Å²) >= 11 is 0. The van der Waals surface area contributed by atoms with E-state index in [2.05, 4.69) is 23.1 Å². The third-order valence-corrected chi connectivity index (χ3v) is 6.55. The molecule has 0 bridgehead atoms. The highest BCUT2D eigenvalue weighted by molar-refractivity contribution is 5.85. The van der Waals surface area contributed by atoms with Gasteiger partial charge in [0.25, 0.3) is 0 Å². The quantitative estimate of drug-likeness (QED) is 0.804. The summed E-state index contributed by atoms with van der Waals surface area (Å²) in [6.07, 6.45) is 10.3. The summed E-state index contributed by atoms with van der Waals surface area (Å²) in [5.74, 6) is 2.81. The van der Waals surface area contributed by atoms with Crippen molar-refractivity contribution in [2.24, 2.45) is 11.7 Å². The van der Waals surface area contributed by atoms with Crippen LogP contribution in [0.2, 0.25) is 0 Å². The minimum absolute atomic E-state index is 0. The van der Waals surface area contributed by atoms with Crippen molar-refractivity contribution in [2.45, 2.75) is 63.3 Å². The average Bonchev–Trinajstić information content (AvgIpc) is 3.10. The topological polar surface area (TPSA) is 38.5 Å². The number of halogens is 2. The van der Waals surface area contributed by atoms with E-state index in [0.29, 0.717) is 6.04 Å². The van der Waals surface area contributed by atoms with E-state index in [4.69, 9.17) is 10.5 Å². The number of fused-ring (bicyclic) bond motifs is 1. The summed E-state index contributed by atoms with van der Waals surface area (Å²) in [5, 5.41) is 0. The Kier molecular flexibility index (Phi) is 8.53. The van der Waals surface area contributed by atoms with E-state index in [1.807, 2.05) is 0 Å². The standard InChI is InChI=1S/C21H32N2O.2ClH/c22-18-6-4-16(5-7-18)8-12-23-13-9-17(10-14-23)19-2-1-3-21-20(19)11-15-24-21;;/h1-3,16-18H,4-15,22H2;2*1H. The molecule has 2 aliphatic heterocycles. The number of benzene rings is 1. The molecule has 1 aliphatic carbocycles. The van der Waals surface area contributed by atoms with Crippen molar-refractivity contribution in [1.82, 2.24) is 4.90 Å². The number of piperidine rings is 1. The van der Waals surface area contributed by atoms with Crippen LogP contribution in [0.3, 0.4) is 0 Å². The molecule has 2 N–H and O–H groups in total. The maximum absolute atomic E-state index is 6.03. The van der Waals surface area contributed by atoms with Gasteiger partial charge >= 0.3 is 0 Å². The Labute approximate surface area is 170 Å². The number of nitrogens with zero attached hydrogens (tertiary/aromatic N) is 1. The summed E-state index contributed by atoms with van der Waals surface area (Å²) in [5.41, 5.74) is 9.10. The molecular formula is C21H34Cl2N2O. The van der Waals surface area contributed by atoms with Gasteiger partial charge in [0, 0.05) is 18.0 Å². The molecule has 148 valence electrons. The van der Waals surface area contributed by atoms with Gasteiger partial charge in [-0.1, -0.05) is 12.1 Å². The summed E-state index contributed by atoms with van der Waals surface area (Å²) in [7, 11) is 0. The fourth-order valence-corrected chi connectivity index (χ4v) is 4.94. The Bertz CT molecular complexity index is 553. The largest absolute Gasteiger partial charge is 0.493 e. The van der Waals surface area contributed by atoms with Crippen LogP contribution in [-0.2, 0) is 6.42 Å². The van der Waals surface area contributed by atoms with Gasteiger partial charge in [-0.2, -0.15) is 0 Å². The van der Waals surface area contributed by atoms with Gasteiger partial charge in [-0.25, -0.2) is 0 Å². The zero-order valence-corrected chi connectivity index (χ0v) is 17.3. The highest BCUT2D eigenvalue weighted by Crippen LogP contribution is 2.37. The van der Waals surface area contributed by atoms with Crippen molar-refractivity contribution in [3.05, 3.63) is 29.3 Å². The van der Waals surface area contributed by atoms with Gasteiger partial charge in [0.2, 0.25) is 0 Å². The van der Waals surface area contributed by atoms with Crippen molar-refractivity contribution in [3.8, 4) is 5.75 Å². The maximum atomic E-state index is 6.03. The third kappa shape index (κ3) is 5.07. The Morgan fingerprint density at radius 2 is 1.73 bits per heavy atom. The molecule has 3 aliphatic rings. The number of hydrogen-bond acceptors (Lipinski definition) is 3. The van der Waals surface area contributed by atoms with Crippen molar-refractivity contribution in [2.75, 3.05) is 26.2 Å². The summed E-state index contributed by atoms with van der Waals surface area (Å²) in [4.78, 5) is 2.70. The summed E-state index contributed by atoms with van der Waals surface area (Å²) < 4.78 is 5.74. The maximum Gasteiger partial charge on any atom is 0.122 e. The van der Waals surface area contributed by atoms with Gasteiger partial charge in [-0.3, -0.25) is 0 Å². The first kappa shape index (κ1) is 21.8. The van der Waals surface area contributed by atoms with E-state index >= 15 is 0 Å². The lowest BCUT2D eigenvalue weighted by Crippen LogP contribution is -2.35. The van der Waals surface area contributed by atoms with Crippen molar-refractivity contribution < 1.29 is 4.74 Å². The van der Waals surface area contributed by atoms with Gasteiger partial charge in [-0.15, -0.1) is 24.8 Å². The molecule has 4 rings (SSSR count). The fourth-order valence-electron chi connectivity index (χ4n) is 4.94. The van der Waals surface area contributed by atoms with E-state index < -0.39 is 0 Å². The van der Waals surface area contributed by atoms with Crippen LogP contribution >= 0.6 is 24.8 Å². The minimum Gasteiger partial charge on any atom is -0.493 e. The van der Waals surface area contributed by atoms with Crippen LogP contribution < -0.4 is 10.5 Å². The van der Waals surface area contributed by atoms with Crippen LogP contribution in [0.4, 0.5) is 0 Å². The molecule has 5 heteroatoms. The number of nitrogens with two attached hydrogens (primary N) is 1. The molecule has 2 heterocycles. The van der Waals surface area contributed by atoms with E-state index in [1.54, 1.807) is 5.56 Å². The summed E-state index contributed by atoms with van der Waals surface area (Å²) in [6.45, 7) is 4.70. The second-order valence-corrected chi connectivity index (χ2v) is 8.11. The molecule has 1 aromatic rings. The molecule has 0 atom stereocenters. The van der Waals surface area contributed by atoms with Crippen LogP contribution in [0.1, 0.15) is 62.0 Å². The molecule has 2 fully saturated rings. The number of hydrogen-bond donors (Lipinski definition) is 1. The molecule has 26 heavy (non-hydrogen) atoms. The van der Waals surface area contributed by atoms with Crippen LogP contribution in [0.5, 0.6) is 5.75 Å². The van der Waals surface area contributed by atoms with Gasteiger partial charge in [-0.05, 0) is 88.0 Å². The first-order chi connectivity index (χ1) is 11.8. The molecule has 1 saturated carbocycles. The smallest absolute Gasteiger partial charge is 0.122 e. The number of likely N-dealkylation sites (tertiary alicyclic amines) is 1. The van der Waals surface area contributed by atoms with Crippen molar-refractivity contribution in [3.63, 3.8) is 0 Å². The van der Waals surface area contributed by atoms with Crippen LogP contribution in [-0.4, -0.2) is 37.2 Å². The Morgan fingerprint density at radius 1 is 1.00 bits per heavy atom. The first-order valence-electron chi connectivity index (χ1n) is 10.0. The lowest BCUT2D eigenvalue weighted by atomic mass is 9.83. The lowest BCUT2D eigenvalue weighted by molar-refractivity contribution is 0.186. The van der Waals surface area contributed by atoms with Crippen LogP contribution in [0.25, 0.3) is 0 Å². The molecule has 0 spiro atoms. The molecule has 0 radical (unpaired) electrons. The predicted molar refractivity (Wildman–Crippen MR) is 113 cm³/mol. The van der Waals surface area contributed by atoms with Gasteiger partial charge < -0.3 is 15.4 Å². The Hall–Kier alpha value is -0.480. The zero-order chi connectivity index (χ0) is 16.4. The predicted octanol–water partition coefficient (Wildman–Crippen LogP) is 4.55. The Balaban J connectivity index is 0.00000121. The Morgan fingerprint density at radius 3 is 2.46 bits per heavy atom. The fraction of sp³-hybridized carbons (Fsp3) is 0.714. The summed E-state index contributed by atoms with van der Waals surface area (Å²) in [6, 6.07) is 7.14. The molecular weight excluding hydrogens is 367 g/mol. The third-order valence-electron chi connectivity index (χ3n) is 6.55. The van der Waals surface area contributed by atoms with Gasteiger partial charge in [0.15, 0.2) is 0 Å². The number of rotatable bonds is 4. The van der Waals surface area contributed by atoms with E-state index in [9.17, 15) is 0 Å². The second kappa shape index (κ2) is 10.2. The SMILES string of the molecule is Cl.Cl.NC1CCC(CCN2CCC(c3cccc4c3CCO4)CC2)CC1. The molecule has 0 aromatic heterocycles. The van der Waals surface area contributed by atoms with E-state index in [1.165, 1.54) is 70.1 Å². The van der Waals surface area contributed by atoms with E-state index in [-0.39, 0.29) is 24.8 Å². The zero-order valence-electron chi connectivity index (χ0n) is 15.7. The second-order valence-electron chi connectivity index (χ2n) is 8.11. The average molecular weight is 401 g/mol. The molecule has 3 nitrogen and oxygen atoms in total. The van der Waals surface area contributed by atoms with Crippen LogP contribution in [0.15, 0.2) is 18.2 Å². The molecule has 1 saturated heterocycles. The van der Waals surface area contributed by atoms with Gasteiger partial charge in [0.05, 0.1) is 6.61 Å². The van der Waals surface area contributed by atoms with Crippen LogP contribution in [0, 0.1) is 5.92 Å². The van der Waals surface area contributed by atoms with Crippen molar-refractivity contribution >= 4 is 24.8 Å². The first-order valence-corrected chi connectivity index (χ1v) is 10.0. The normalized spacial score (nSPS) is 26.3. The minimum atomic E-state index is 0. The highest BCUT2D eigenvalue weighted by Gasteiger charge is 2.26. The van der Waals surface area contributed by atoms with Crippen molar-refractivity contribution in [1.29, 1.82) is 0 Å². The molecule has 0 amide bonds. The van der Waals surface area contributed by atoms with Gasteiger partial charge in [0.1, 0.15) is 5.75 Å². The molecule has 0 unspecified atom stereocenters. The monoisotopic (exact) mass is 400 g/mol. The molecule has 1 aromatic carbocycles. The van der Waals surface area contributed by atoms with E-state index in [0.717, 1.165) is 30.6 Å². The lowest BCUT2D eigenvalue weighted by Gasteiger charge is -2.34. The number of ether oxygens (including phenoxy) is 1. The highest BCUT2D eigenvalue weighted by atomic mass is 35.5.